The van der Waals surface area contributed by atoms with Gasteiger partial charge in [-0.05, 0) is 24.3 Å². The van der Waals surface area contributed by atoms with Gasteiger partial charge in [0.2, 0.25) is 0 Å². The first kappa shape index (κ1) is 20.6. The number of hydrogen-bond acceptors (Lipinski definition) is 7. The molecule has 27 heavy (non-hydrogen) atoms. The molecule has 0 bridgehead atoms. The third-order valence-electron chi connectivity index (χ3n) is 4.18. The number of aromatic nitrogens is 2. The highest BCUT2D eigenvalue weighted by Gasteiger charge is 2.36. The van der Waals surface area contributed by atoms with E-state index in [1.165, 1.54) is 29.3 Å². The average Bonchev–Trinajstić information content (AvgIpc) is 3.27. The lowest BCUT2D eigenvalue weighted by Crippen LogP contribution is -2.41. The van der Waals surface area contributed by atoms with Crippen LogP contribution >= 0.6 is 34.7 Å². The topological polar surface area (TPSA) is 80.2 Å². The fourth-order valence-corrected chi connectivity index (χ4v) is 6.13. The van der Waals surface area contributed by atoms with Crippen molar-refractivity contribution in [3.8, 4) is 0 Å². The van der Waals surface area contributed by atoms with Crippen molar-refractivity contribution in [1.82, 2.24) is 14.9 Å². The van der Waals surface area contributed by atoms with Gasteiger partial charge in [-0.1, -0.05) is 36.4 Å². The Morgan fingerprint density at radius 2 is 2.30 bits per heavy atom. The van der Waals surface area contributed by atoms with E-state index in [2.05, 4.69) is 16.9 Å². The molecule has 2 aromatic heterocycles. The van der Waals surface area contributed by atoms with E-state index < -0.39 is 9.84 Å². The predicted molar refractivity (Wildman–Crippen MR) is 109 cm³/mol. The van der Waals surface area contributed by atoms with Gasteiger partial charge in [0, 0.05) is 16.7 Å². The van der Waals surface area contributed by atoms with E-state index >= 15 is 0 Å². The number of thiophene rings is 1. The van der Waals surface area contributed by atoms with E-state index in [0.29, 0.717) is 18.1 Å². The van der Waals surface area contributed by atoms with Crippen LogP contribution in [0.5, 0.6) is 0 Å². The largest absolute Gasteiger partial charge is 0.328 e. The Morgan fingerprint density at radius 1 is 1.48 bits per heavy atom. The van der Waals surface area contributed by atoms with Crippen LogP contribution < -0.4 is 0 Å². The maximum absolute atomic E-state index is 13.3. The number of carbonyl (C=O) groups is 1. The van der Waals surface area contributed by atoms with Crippen molar-refractivity contribution >= 4 is 50.4 Å². The van der Waals surface area contributed by atoms with Crippen LogP contribution in [0.3, 0.4) is 0 Å². The molecule has 0 N–H and O–H groups in total. The lowest BCUT2D eigenvalue weighted by Gasteiger charge is -2.28. The molecule has 6 nitrogen and oxygen atoms in total. The first-order chi connectivity index (χ1) is 12.9. The standard InChI is InChI=1S/C17H20ClN3O3S3/c1-2-6-26-17-19-9-14(18)15(20-17)16(22)21(10-13-4-3-7-25-13)12-5-8-27(23,24)11-12/h3-4,7,9,12H,2,5-6,8,10-11H2,1H3. The third-order valence-corrected chi connectivity index (χ3v) is 8.13. The quantitative estimate of drug-likeness (QED) is 0.479. The summed E-state index contributed by atoms with van der Waals surface area (Å²) in [5.41, 5.74) is 0.131. The summed E-state index contributed by atoms with van der Waals surface area (Å²) >= 11 is 9.21. The number of nitrogens with zero attached hydrogens (tertiary/aromatic N) is 3. The van der Waals surface area contributed by atoms with Gasteiger partial charge in [-0.2, -0.15) is 0 Å². The number of rotatable bonds is 7. The van der Waals surface area contributed by atoms with Crippen LogP contribution in [0, 0.1) is 0 Å². The van der Waals surface area contributed by atoms with Crippen LogP contribution in [0.2, 0.25) is 5.02 Å². The highest BCUT2D eigenvalue weighted by Crippen LogP contribution is 2.26. The van der Waals surface area contributed by atoms with Crippen molar-refractivity contribution in [2.75, 3.05) is 17.3 Å². The van der Waals surface area contributed by atoms with Crippen LogP contribution in [-0.2, 0) is 16.4 Å². The smallest absolute Gasteiger partial charge is 0.274 e. The molecular weight excluding hydrogens is 426 g/mol. The minimum atomic E-state index is -3.13. The van der Waals surface area contributed by atoms with Crippen molar-refractivity contribution in [2.24, 2.45) is 0 Å². The van der Waals surface area contributed by atoms with Crippen LogP contribution in [0.4, 0.5) is 0 Å². The Morgan fingerprint density at radius 3 is 2.93 bits per heavy atom. The number of sulfone groups is 1. The first-order valence-electron chi connectivity index (χ1n) is 8.58. The minimum absolute atomic E-state index is 0.0236. The predicted octanol–water partition coefficient (Wildman–Crippen LogP) is 3.52. The summed E-state index contributed by atoms with van der Waals surface area (Å²) in [6.07, 6.45) is 2.83. The van der Waals surface area contributed by atoms with Gasteiger partial charge in [-0.25, -0.2) is 18.4 Å². The van der Waals surface area contributed by atoms with E-state index in [1.807, 2.05) is 17.5 Å². The maximum Gasteiger partial charge on any atom is 0.274 e. The summed E-state index contributed by atoms with van der Waals surface area (Å²) in [5, 5.41) is 2.61. The van der Waals surface area contributed by atoms with Gasteiger partial charge in [-0.3, -0.25) is 4.79 Å². The monoisotopic (exact) mass is 445 g/mol. The molecule has 1 aliphatic heterocycles. The second-order valence-corrected chi connectivity index (χ2v) is 11.0. The summed E-state index contributed by atoms with van der Waals surface area (Å²) in [4.78, 5) is 24.4. The van der Waals surface area contributed by atoms with Crippen LogP contribution in [0.25, 0.3) is 0 Å². The van der Waals surface area contributed by atoms with Crippen LogP contribution in [0.15, 0.2) is 28.9 Å². The number of thioether (sulfide) groups is 1. The molecule has 3 heterocycles. The number of amides is 1. The summed E-state index contributed by atoms with van der Waals surface area (Å²) in [6, 6.07) is 3.46. The Balaban J connectivity index is 1.90. The van der Waals surface area contributed by atoms with Gasteiger partial charge in [0.05, 0.1) is 29.3 Å². The molecule has 0 radical (unpaired) electrons. The molecule has 0 aliphatic carbocycles. The van der Waals surface area contributed by atoms with Crippen molar-refractivity contribution < 1.29 is 13.2 Å². The van der Waals surface area contributed by atoms with E-state index in [4.69, 9.17) is 11.6 Å². The van der Waals surface area contributed by atoms with E-state index in [-0.39, 0.29) is 34.2 Å². The molecule has 1 unspecified atom stereocenters. The molecule has 3 rings (SSSR count). The Labute approximate surface area is 172 Å². The molecule has 1 fully saturated rings. The Bertz CT molecular complexity index is 903. The highest BCUT2D eigenvalue weighted by molar-refractivity contribution is 7.99. The molecule has 1 atom stereocenters. The van der Waals surface area contributed by atoms with Gasteiger partial charge in [-0.15, -0.1) is 11.3 Å². The van der Waals surface area contributed by atoms with Gasteiger partial charge in [0.15, 0.2) is 20.7 Å². The molecular formula is C17H20ClN3O3S3. The number of hydrogen-bond donors (Lipinski definition) is 0. The molecule has 0 aromatic carbocycles. The fraction of sp³-hybridized carbons (Fsp3) is 0.471. The zero-order valence-corrected chi connectivity index (χ0v) is 18.0. The lowest BCUT2D eigenvalue weighted by atomic mass is 10.2. The van der Waals surface area contributed by atoms with E-state index in [9.17, 15) is 13.2 Å². The normalized spacial score (nSPS) is 18.5. The number of carbonyl (C=O) groups excluding carboxylic acids is 1. The summed E-state index contributed by atoms with van der Waals surface area (Å²) in [5.74, 6) is 0.566. The van der Waals surface area contributed by atoms with Crippen molar-refractivity contribution in [2.45, 2.75) is 37.5 Å². The molecule has 0 saturated carbocycles. The first-order valence-corrected chi connectivity index (χ1v) is 12.6. The summed E-state index contributed by atoms with van der Waals surface area (Å²) < 4.78 is 23.9. The van der Waals surface area contributed by atoms with E-state index in [1.54, 1.807) is 4.90 Å². The average molecular weight is 446 g/mol. The van der Waals surface area contributed by atoms with Crippen molar-refractivity contribution in [3.05, 3.63) is 39.3 Å². The van der Waals surface area contributed by atoms with Gasteiger partial charge < -0.3 is 4.90 Å². The fourth-order valence-electron chi connectivity index (χ4n) is 2.86. The molecule has 0 spiro atoms. The van der Waals surface area contributed by atoms with Crippen molar-refractivity contribution in [1.29, 1.82) is 0 Å². The van der Waals surface area contributed by atoms with E-state index in [0.717, 1.165) is 17.1 Å². The zero-order valence-electron chi connectivity index (χ0n) is 14.8. The maximum atomic E-state index is 13.3. The molecule has 146 valence electrons. The Kier molecular flexibility index (Phi) is 6.78. The van der Waals surface area contributed by atoms with Gasteiger partial charge >= 0.3 is 0 Å². The molecule has 1 saturated heterocycles. The summed E-state index contributed by atoms with van der Waals surface area (Å²) in [6.45, 7) is 2.40. The SMILES string of the molecule is CCCSc1ncc(Cl)c(C(=O)N(Cc2cccs2)C2CCS(=O)(=O)C2)n1. The molecule has 2 aromatic rings. The minimum Gasteiger partial charge on any atom is -0.328 e. The summed E-state index contributed by atoms with van der Waals surface area (Å²) in [7, 11) is -3.13. The lowest BCUT2D eigenvalue weighted by molar-refractivity contribution is 0.0676. The molecule has 10 heteroatoms. The third kappa shape index (κ3) is 5.22. The highest BCUT2D eigenvalue weighted by atomic mass is 35.5. The van der Waals surface area contributed by atoms with Gasteiger partial charge in [0.1, 0.15) is 0 Å². The zero-order chi connectivity index (χ0) is 19.4. The molecule has 1 amide bonds. The second-order valence-electron chi connectivity index (χ2n) is 6.27. The Hall–Kier alpha value is -1.16. The van der Waals surface area contributed by atoms with Crippen LogP contribution in [0.1, 0.15) is 35.1 Å². The number of halogens is 1. The molecule has 1 aliphatic rings. The second kappa shape index (κ2) is 8.89. The van der Waals surface area contributed by atoms with Crippen LogP contribution in [-0.4, -0.2) is 52.5 Å². The van der Waals surface area contributed by atoms with Crippen molar-refractivity contribution in [3.63, 3.8) is 0 Å². The van der Waals surface area contributed by atoms with Gasteiger partial charge in [0.25, 0.3) is 5.91 Å².